The Kier molecular flexibility index (Phi) is 13.5. The number of hydrogen-bond donors (Lipinski definition) is 1. The molecule has 0 rings (SSSR count). The molecule has 0 bridgehead atoms. The Morgan fingerprint density at radius 3 is 2.06 bits per heavy atom. The summed E-state index contributed by atoms with van der Waals surface area (Å²) < 4.78 is 0. The highest BCUT2D eigenvalue weighted by atomic mass is 14.5. The smallest absolute Gasteiger partial charge is 0.00773 e. The lowest BCUT2D eigenvalue weighted by Crippen LogP contribution is -1.97. The van der Waals surface area contributed by atoms with Gasteiger partial charge >= 0.3 is 0 Å². The van der Waals surface area contributed by atoms with E-state index in [-0.39, 0.29) is 0 Å². The summed E-state index contributed by atoms with van der Waals surface area (Å²) in [6.45, 7) is 2.89. The zero-order chi connectivity index (χ0) is 11.9. The Hall–Kier alpha value is -0.820. The first-order valence-corrected chi connectivity index (χ1v) is 6.53. The molecule has 16 heavy (non-hydrogen) atoms. The molecule has 0 aromatic carbocycles. The minimum Gasteiger partial charge on any atom is -0.330 e. The van der Waals surface area contributed by atoms with Crippen molar-refractivity contribution >= 4 is 0 Å². The summed E-state index contributed by atoms with van der Waals surface area (Å²) in [6, 6.07) is 0. The topological polar surface area (TPSA) is 26.0 Å². The van der Waals surface area contributed by atoms with Crippen LogP contribution < -0.4 is 5.73 Å². The summed E-state index contributed by atoms with van der Waals surface area (Å²) >= 11 is 0. The Morgan fingerprint density at radius 2 is 1.38 bits per heavy atom. The zero-order valence-electron chi connectivity index (χ0n) is 10.7. The maximum Gasteiger partial charge on any atom is -0.00773 e. The second-order valence-corrected chi connectivity index (χ2v) is 3.97. The summed E-state index contributed by atoms with van der Waals surface area (Å²) in [7, 11) is 0. The molecule has 0 saturated heterocycles. The van der Waals surface area contributed by atoms with E-state index in [0.717, 1.165) is 19.4 Å². The predicted molar refractivity (Wildman–Crippen MR) is 74.5 cm³/mol. The van der Waals surface area contributed by atoms with Gasteiger partial charge in [0.1, 0.15) is 0 Å². The normalized spacial score (nSPS) is 12.4. The van der Waals surface area contributed by atoms with Gasteiger partial charge in [-0.05, 0) is 45.6 Å². The van der Waals surface area contributed by atoms with Gasteiger partial charge in [-0.1, -0.05) is 49.3 Å². The van der Waals surface area contributed by atoms with Gasteiger partial charge in [-0.25, -0.2) is 0 Å². The van der Waals surface area contributed by atoms with Crippen molar-refractivity contribution in [1.82, 2.24) is 0 Å². The van der Waals surface area contributed by atoms with Crippen molar-refractivity contribution < 1.29 is 0 Å². The highest BCUT2D eigenvalue weighted by molar-refractivity contribution is 4.96. The molecule has 0 aliphatic rings. The van der Waals surface area contributed by atoms with Crippen molar-refractivity contribution in [3.05, 3.63) is 36.5 Å². The number of unbranched alkanes of at least 4 members (excludes halogenated alkanes) is 4. The maximum absolute atomic E-state index is 5.43. The Balaban J connectivity index is 3.18. The van der Waals surface area contributed by atoms with E-state index in [9.17, 15) is 0 Å². The van der Waals surface area contributed by atoms with Crippen molar-refractivity contribution in [2.75, 3.05) is 6.54 Å². The van der Waals surface area contributed by atoms with Crippen LogP contribution >= 0.6 is 0 Å². The minimum absolute atomic E-state index is 0.840. The van der Waals surface area contributed by atoms with Crippen molar-refractivity contribution in [1.29, 1.82) is 0 Å². The molecular formula is C15H27N. The van der Waals surface area contributed by atoms with Gasteiger partial charge in [-0.2, -0.15) is 0 Å². The lowest BCUT2D eigenvalue weighted by Gasteiger charge is -1.95. The fourth-order valence-electron chi connectivity index (χ4n) is 1.46. The molecule has 92 valence electrons. The van der Waals surface area contributed by atoms with Crippen LogP contribution in [0.1, 0.15) is 51.9 Å². The second kappa shape index (κ2) is 14.2. The summed E-state index contributed by atoms with van der Waals surface area (Å²) in [5.74, 6) is 0. The van der Waals surface area contributed by atoms with Gasteiger partial charge in [0.15, 0.2) is 0 Å². The summed E-state index contributed by atoms with van der Waals surface area (Å²) in [4.78, 5) is 0. The van der Waals surface area contributed by atoms with Crippen LogP contribution in [-0.2, 0) is 0 Å². The van der Waals surface area contributed by atoms with Crippen LogP contribution in [0, 0.1) is 0 Å². The molecule has 0 unspecified atom stereocenters. The molecule has 0 aliphatic carbocycles. The van der Waals surface area contributed by atoms with Crippen molar-refractivity contribution in [3.8, 4) is 0 Å². The molecule has 0 radical (unpaired) electrons. The molecule has 2 N–H and O–H groups in total. The predicted octanol–water partition coefficient (Wildman–Crippen LogP) is 4.36. The van der Waals surface area contributed by atoms with Gasteiger partial charge in [0.2, 0.25) is 0 Å². The fourth-order valence-corrected chi connectivity index (χ4v) is 1.46. The van der Waals surface area contributed by atoms with E-state index in [1.165, 1.54) is 32.1 Å². The van der Waals surface area contributed by atoms with E-state index in [2.05, 4.69) is 43.4 Å². The van der Waals surface area contributed by atoms with Crippen LogP contribution in [-0.4, -0.2) is 6.54 Å². The number of nitrogens with two attached hydrogens (primary N) is 1. The Morgan fingerprint density at radius 1 is 0.750 bits per heavy atom. The van der Waals surface area contributed by atoms with Crippen molar-refractivity contribution in [2.45, 2.75) is 51.9 Å². The minimum atomic E-state index is 0.840. The molecule has 0 heterocycles. The molecule has 0 spiro atoms. The second-order valence-electron chi connectivity index (χ2n) is 3.97. The quantitative estimate of drug-likeness (QED) is 0.430. The first-order chi connectivity index (χ1) is 7.91. The standard InChI is InChI=1S/C15H27N/c1-2-3-4-5-6-7-8-9-10-11-12-13-14-15-16/h2-3,5-6,8-9H,4,7,10-16H2,1H3/b3-2+,6-5-,9-8-. The molecular weight excluding hydrogens is 194 g/mol. The molecule has 1 heteroatoms. The van der Waals surface area contributed by atoms with E-state index < -0.39 is 0 Å². The van der Waals surface area contributed by atoms with Gasteiger partial charge in [0, 0.05) is 0 Å². The van der Waals surface area contributed by atoms with Crippen LogP contribution in [0.3, 0.4) is 0 Å². The highest BCUT2D eigenvalue weighted by Crippen LogP contribution is 2.03. The number of allylic oxidation sites excluding steroid dienone is 6. The average molecular weight is 221 g/mol. The first-order valence-electron chi connectivity index (χ1n) is 6.53. The Bertz CT molecular complexity index is 201. The molecule has 0 aliphatic heterocycles. The lowest BCUT2D eigenvalue weighted by molar-refractivity contribution is 0.652. The van der Waals surface area contributed by atoms with E-state index in [1.807, 2.05) is 0 Å². The SMILES string of the molecule is C/C=C/C/C=C\C/C=C\CCCCCCN. The highest BCUT2D eigenvalue weighted by Gasteiger charge is 1.85. The fraction of sp³-hybridized carbons (Fsp3) is 0.600. The maximum atomic E-state index is 5.43. The van der Waals surface area contributed by atoms with Gasteiger partial charge < -0.3 is 5.73 Å². The van der Waals surface area contributed by atoms with Crippen LogP contribution in [0.5, 0.6) is 0 Å². The van der Waals surface area contributed by atoms with E-state index in [0.29, 0.717) is 0 Å². The molecule has 1 nitrogen and oxygen atoms in total. The van der Waals surface area contributed by atoms with Crippen LogP contribution in [0.2, 0.25) is 0 Å². The zero-order valence-corrected chi connectivity index (χ0v) is 10.7. The third-order valence-electron chi connectivity index (χ3n) is 2.44. The van der Waals surface area contributed by atoms with Crippen LogP contribution in [0.25, 0.3) is 0 Å². The molecule has 0 aromatic heterocycles. The molecule has 0 amide bonds. The summed E-state index contributed by atoms with van der Waals surface area (Å²) in [5.41, 5.74) is 5.43. The van der Waals surface area contributed by atoms with Gasteiger partial charge in [-0.15, -0.1) is 0 Å². The monoisotopic (exact) mass is 221 g/mol. The Labute approximate surface area is 101 Å². The third-order valence-corrected chi connectivity index (χ3v) is 2.44. The van der Waals surface area contributed by atoms with Gasteiger partial charge in [0.25, 0.3) is 0 Å². The molecule has 0 atom stereocenters. The van der Waals surface area contributed by atoms with Crippen LogP contribution in [0.4, 0.5) is 0 Å². The van der Waals surface area contributed by atoms with E-state index in [4.69, 9.17) is 5.73 Å². The summed E-state index contributed by atoms with van der Waals surface area (Å²) in [5, 5.41) is 0. The van der Waals surface area contributed by atoms with Crippen LogP contribution in [0.15, 0.2) is 36.5 Å². The molecule has 0 saturated carbocycles. The third kappa shape index (κ3) is 13.2. The lowest BCUT2D eigenvalue weighted by atomic mass is 10.1. The largest absolute Gasteiger partial charge is 0.330 e. The number of hydrogen-bond acceptors (Lipinski definition) is 1. The molecule has 0 fully saturated rings. The number of rotatable bonds is 10. The first kappa shape index (κ1) is 15.2. The van der Waals surface area contributed by atoms with Crippen molar-refractivity contribution in [3.63, 3.8) is 0 Å². The van der Waals surface area contributed by atoms with Gasteiger partial charge in [-0.3, -0.25) is 0 Å². The average Bonchev–Trinajstić information content (AvgIpc) is 2.31. The van der Waals surface area contributed by atoms with E-state index in [1.54, 1.807) is 0 Å². The van der Waals surface area contributed by atoms with Gasteiger partial charge in [0.05, 0.1) is 0 Å². The summed E-state index contributed by atoms with van der Waals surface area (Å²) in [6.07, 6.45) is 21.7. The van der Waals surface area contributed by atoms with Crippen molar-refractivity contribution in [2.24, 2.45) is 5.73 Å². The molecule has 0 aromatic rings. The van der Waals surface area contributed by atoms with E-state index >= 15 is 0 Å².